The minimum atomic E-state index is -3.91. The number of sulfonamides is 1. The lowest BCUT2D eigenvalue weighted by Gasteiger charge is -2.20. The standard InChI is InChI=1S/C11H14ClF2NO2S/c1-9-2-4-10(5-3-9)18(16,17)15(7-6-12)8-11(13)14/h2-5,11H,6-8H2,1H3. The topological polar surface area (TPSA) is 37.4 Å². The smallest absolute Gasteiger partial charge is 0.209 e. The molecule has 18 heavy (non-hydrogen) atoms. The van der Waals surface area contributed by atoms with Crippen molar-refractivity contribution in [3.63, 3.8) is 0 Å². The van der Waals surface area contributed by atoms with E-state index in [9.17, 15) is 17.2 Å². The molecule has 0 spiro atoms. The number of rotatable bonds is 6. The Morgan fingerprint density at radius 2 is 1.83 bits per heavy atom. The molecule has 0 amide bonds. The van der Waals surface area contributed by atoms with E-state index >= 15 is 0 Å². The Morgan fingerprint density at radius 1 is 1.28 bits per heavy atom. The highest BCUT2D eigenvalue weighted by atomic mass is 35.5. The number of benzene rings is 1. The van der Waals surface area contributed by atoms with Crippen LogP contribution in [0.5, 0.6) is 0 Å². The Kier molecular flexibility index (Phi) is 5.49. The Bertz CT molecular complexity index is 476. The first-order valence-corrected chi connectivity index (χ1v) is 7.26. The van der Waals surface area contributed by atoms with Crippen LogP contribution in [0.1, 0.15) is 5.56 Å². The highest BCUT2D eigenvalue weighted by Crippen LogP contribution is 2.17. The molecule has 0 bridgehead atoms. The van der Waals surface area contributed by atoms with Crippen LogP contribution in [-0.2, 0) is 10.0 Å². The van der Waals surface area contributed by atoms with Crippen LogP contribution >= 0.6 is 11.6 Å². The van der Waals surface area contributed by atoms with E-state index in [1.165, 1.54) is 12.1 Å². The minimum Gasteiger partial charge on any atom is -0.209 e. The zero-order valence-corrected chi connectivity index (χ0v) is 11.4. The van der Waals surface area contributed by atoms with E-state index in [4.69, 9.17) is 11.6 Å². The quantitative estimate of drug-likeness (QED) is 0.757. The summed E-state index contributed by atoms with van der Waals surface area (Å²) in [5, 5.41) is 0. The van der Waals surface area contributed by atoms with Crippen LogP contribution in [0.4, 0.5) is 8.78 Å². The Hall–Kier alpha value is -0.720. The molecule has 3 nitrogen and oxygen atoms in total. The van der Waals surface area contributed by atoms with Crippen LogP contribution in [0.3, 0.4) is 0 Å². The summed E-state index contributed by atoms with van der Waals surface area (Å²) in [4.78, 5) is -0.00105. The van der Waals surface area contributed by atoms with E-state index in [1.54, 1.807) is 12.1 Å². The first kappa shape index (κ1) is 15.3. The molecule has 0 fully saturated rings. The van der Waals surface area contributed by atoms with Gasteiger partial charge in [-0.1, -0.05) is 17.7 Å². The largest absolute Gasteiger partial charge is 0.252 e. The normalized spacial score (nSPS) is 12.3. The lowest BCUT2D eigenvalue weighted by Crippen LogP contribution is -2.36. The molecular formula is C11H14ClF2NO2S. The third kappa shape index (κ3) is 3.90. The zero-order chi connectivity index (χ0) is 13.8. The number of hydrogen-bond acceptors (Lipinski definition) is 2. The van der Waals surface area contributed by atoms with Crippen LogP contribution in [0.25, 0.3) is 0 Å². The molecule has 0 heterocycles. The molecule has 1 aromatic carbocycles. The molecule has 1 aromatic rings. The van der Waals surface area contributed by atoms with Gasteiger partial charge in [-0.25, -0.2) is 17.2 Å². The Morgan fingerprint density at radius 3 is 2.28 bits per heavy atom. The summed E-state index contributed by atoms with van der Waals surface area (Å²) < 4.78 is 49.6. The van der Waals surface area contributed by atoms with Gasteiger partial charge in [0.1, 0.15) is 0 Å². The third-order valence-electron chi connectivity index (χ3n) is 2.33. The number of nitrogens with zero attached hydrogens (tertiary/aromatic N) is 1. The van der Waals surface area contributed by atoms with Gasteiger partial charge in [0.2, 0.25) is 10.0 Å². The maximum absolute atomic E-state index is 12.4. The average Bonchev–Trinajstić information content (AvgIpc) is 2.28. The van der Waals surface area contributed by atoms with Gasteiger partial charge in [-0.15, -0.1) is 11.6 Å². The summed E-state index contributed by atoms with van der Waals surface area (Å²) in [6.45, 7) is 0.830. The SMILES string of the molecule is Cc1ccc(S(=O)(=O)N(CCCl)CC(F)F)cc1. The van der Waals surface area contributed by atoms with Gasteiger partial charge >= 0.3 is 0 Å². The summed E-state index contributed by atoms with van der Waals surface area (Å²) in [5.74, 6) is -0.0299. The summed E-state index contributed by atoms with van der Waals surface area (Å²) in [7, 11) is -3.91. The fourth-order valence-corrected chi connectivity index (χ4v) is 3.14. The first-order chi connectivity index (χ1) is 8.37. The average molecular weight is 298 g/mol. The number of halogens is 3. The van der Waals surface area contributed by atoms with Crippen molar-refractivity contribution in [2.45, 2.75) is 18.2 Å². The van der Waals surface area contributed by atoms with Crippen LogP contribution in [0.15, 0.2) is 29.2 Å². The number of aryl methyl sites for hydroxylation is 1. The predicted octanol–water partition coefficient (Wildman–Crippen LogP) is 2.49. The molecule has 0 unspecified atom stereocenters. The van der Waals surface area contributed by atoms with E-state index < -0.39 is 23.0 Å². The van der Waals surface area contributed by atoms with E-state index in [0.29, 0.717) is 4.31 Å². The molecule has 0 aliphatic rings. The fraction of sp³-hybridized carbons (Fsp3) is 0.455. The Labute approximate surface area is 110 Å². The van der Waals surface area contributed by atoms with E-state index in [2.05, 4.69) is 0 Å². The molecule has 0 aliphatic heterocycles. The lowest BCUT2D eigenvalue weighted by molar-refractivity contribution is 0.121. The minimum absolute atomic E-state index is 0.00105. The number of hydrogen-bond donors (Lipinski definition) is 0. The molecule has 1 rings (SSSR count). The molecule has 0 radical (unpaired) electrons. The molecule has 0 saturated heterocycles. The predicted molar refractivity (Wildman–Crippen MR) is 66.7 cm³/mol. The summed E-state index contributed by atoms with van der Waals surface area (Å²) in [6.07, 6.45) is -2.73. The maximum atomic E-state index is 12.4. The van der Waals surface area contributed by atoms with Crippen molar-refractivity contribution in [3.8, 4) is 0 Å². The highest BCUT2D eigenvalue weighted by molar-refractivity contribution is 7.89. The van der Waals surface area contributed by atoms with Gasteiger partial charge in [-0.2, -0.15) is 4.31 Å². The second-order valence-electron chi connectivity index (χ2n) is 3.76. The van der Waals surface area contributed by atoms with Gasteiger partial charge in [-0.3, -0.25) is 0 Å². The molecule has 0 aliphatic carbocycles. The van der Waals surface area contributed by atoms with Crippen molar-refractivity contribution < 1.29 is 17.2 Å². The fourth-order valence-electron chi connectivity index (χ4n) is 1.42. The van der Waals surface area contributed by atoms with Gasteiger partial charge in [0.15, 0.2) is 0 Å². The molecule has 0 saturated carbocycles. The third-order valence-corrected chi connectivity index (χ3v) is 4.38. The van der Waals surface area contributed by atoms with Gasteiger partial charge in [-0.05, 0) is 19.1 Å². The molecule has 102 valence electrons. The van der Waals surface area contributed by atoms with Crippen molar-refractivity contribution in [3.05, 3.63) is 29.8 Å². The second kappa shape index (κ2) is 6.45. The van der Waals surface area contributed by atoms with Gasteiger partial charge < -0.3 is 0 Å². The second-order valence-corrected chi connectivity index (χ2v) is 6.07. The van der Waals surface area contributed by atoms with Crippen molar-refractivity contribution in [2.24, 2.45) is 0 Å². The van der Waals surface area contributed by atoms with Gasteiger partial charge in [0.25, 0.3) is 6.43 Å². The van der Waals surface area contributed by atoms with Crippen LogP contribution in [0.2, 0.25) is 0 Å². The van der Waals surface area contributed by atoms with Gasteiger partial charge in [0.05, 0.1) is 11.4 Å². The summed E-state index contributed by atoms with van der Waals surface area (Å²) in [5.41, 5.74) is 0.895. The first-order valence-electron chi connectivity index (χ1n) is 5.29. The van der Waals surface area contributed by atoms with Crippen LogP contribution in [-0.4, -0.2) is 38.1 Å². The van der Waals surface area contributed by atoms with E-state index in [1.807, 2.05) is 6.92 Å². The van der Waals surface area contributed by atoms with Crippen molar-refractivity contribution in [2.75, 3.05) is 19.0 Å². The summed E-state index contributed by atoms with van der Waals surface area (Å²) >= 11 is 5.45. The van der Waals surface area contributed by atoms with E-state index in [-0.39, 0.29) is 17.3 Å². The molecule has 7 heteroatoms. The monoisotopic (exact) mass is 297 g/mol. The lowest BCUT2D eigenvalue weighted by atomic mass is 10.2. The van der Waals surface area contributed by atoms with Crippen molar-refractivity contribution in [1.82, 2.24) is 4.31 Å². The number of alkyl halides is 3. The van der Waals surface area contributed by atoms with Crippen molar-refractivity contribution >= 4 is 21.6 Å². The van der Waals surface area contributed by atoms with Gasteiger partial charge in [0, 0.05) is 12.4 Å². The molecule has 0 atom stereocenters. The molecule has 0 aromatic heterocycles. The molecular weight excluding hydrogens is 284 g/mol. The highest BCUT2D eigenvalue weighted by Gasteiger charge is 2.26. The summed E-state index contributed by atoms with van der Waals surface area (Å²) in [6, 6.07) is 6.04. The van der Waals surface area contributed by atoms with Crippen molar-refractivity contribution in [1.29, 1.82) is 0 Å². The zero-order valence-electron chi connectivity index (χ0n) is 9.81. The van der Waals surface area contributed by atoms with E-state index in [0.717, 1.165) is 5.56 Å². The maximum Gasteiger partial charge on any atom is 0.252 e. The molecule has 0 N–H and O–H groups in total. The van der Waals surface area contributed by atoms with Crippen LogP contribution < -0.4 is 0 Å². The Balaban J connectivity index is 3.04. The van der Waals surface area contributed by atoms with Crippen LogP contribution in [0, 0.1) is 6.92 Å².